The van der Waals surface area contributed by atoms with Crippen LogP contribution in [-0.4, -0.2) is 39.9 Å². The predicted molar refractivity (Wildman–Crippen MR) is 84.5 cm³/mol. The van der Waals surface area contributed by atoms with Gasteiger partial charge >= 0.3 is 16.4 Å². The van der Waals surface area contributed by atoms with Crippen molar-refractivity contribution in [2.75, 3.05) is 21.3 Å². The fraction of sp³-hybridized carbons (Fsp3) is 0.231. The lowest BCUT2D eigenvalue weighted by Crippen LogP contribution is -2.40. The first-order valence-electron chi connectivity index (χ1n) is 5.91. The van der Waals surface area contributed by atoms with Gasteiger partial charge in [0, 0.05) is 27.1 Å². The summed E-state index contributed by atoms with van der Waals surface area (Å²) >= 11 is 0. The Hall–Kier alpha value is -1.05. The van der Waals surface area contributed by atoms with E-state index in [2.05, 4.69) is 6.58 Å². The molecule has 0 bridgehead atoms. The van der Waals surface area contributed by atoms with E-state index in [0.717, 1.165) is 11.4 Å². The van der Waals surface area contributed by atoms with Crippen LogP contribution < -0.4 is 0 Å². The Kier molecular flexibility index (Phi) is 9.31. The molecule has 0 saturated carbocycles. The standard InChI is InChI=1S/C8H9O3P.C5H12O3Si/c9-12(10,11)7-6-8-4-2-1-3-5-8;1-5-9(6-2,7-3)8-4/h1-7H,(H2,9,10,11);5H,1H2,2-4H3. The van der Waals surface area contributed by atoms with E-state index in [4.69, 9.17) is 23.1 Å². The summed E-state index contributed by atoms with van der Waals surface area (Å²) in [5, 5.41) is 0. The molecule has 0 amide bonds. The monoisotopic (exact) mass is 332 g/mol. The molecule has 1 aromatic carbocycles. The molecule has 1 rings (SSSR count). The molecule has 0 heterocycles. The Labute approximate surface area is 126 Å². The van der Waals surface area contributed by atoms with Crippen LogP contribution in [0, 0.1) is 0 Å². The van der Waals surface area contributed by atoms with Crippen LogP contribution in [0.4, 0.5) is 0 Å². The molecular weight excluding hydrogens is 311 g/mol. The molecule has 0 aliphatic carbocycles. The minimum atomic E-state index is -4.01. The number of benzene rings is 1. The minimum absolute atomic E-state index is 0.779. The van der Waals surface area contributed by atoms with Crippen molar-refractivity contribution in [3.63, 3.8) is 0 Å². The molecule has 8 heteroatoms. The van der Waals surface area contributed by atoms with Gasteiger partial charge in [-0.25, -0.2) is 0 Å². The third-order valence-corrected chi connectivity index (χ3v) is 5.11. The van der Waals surface area contributed by atoms with E-state index in [0.29, 0.717) is 0 Å². The Bertz CT molecular complexity index is 472. The molecule has 0 fully saturated rings. The maximum atomic E-state index is 10.4. The van der Waals surface area contributed by atoms with Gasteiger partial charge in [-0.05, 0) is 17.3 Å². The first kappa shape index (κ1) is 19.9. The van der Waals surface area contributed by atoms with Gasteiger partial charge in [0.15, 0.2) is 0 Å². The summed E-state index contributed by atoms with van der Waals surface area (Å²) in [7, 11) is -1.81. The second kappa shape index (κ2) is 9.81. The summed E-state index contributed by atoms with van der Waals surface area (Å²) in [5.74, 6) is 0.891. The lowest BCUT2D eigenvalue weighted by atomic mass is 10.2. The zero-order chi connectivity index (χ0) is 16.4. The Morgan fingerprint density at radius 2 is 1.57 bits per heavy atom. The molecule has 0 aliphatic heterocycles. The zero-order valence-electron chi connectivity index (χ0n) is 12.3. The molecule has 0 radical (unpaired) electrons. The van der Waals surface area contributed by atoms with Crippen molar-refractivity contribution >= 4 is 22.5 Å². The van der Waals surface area contributed by atoms with E-state index in [1.165, 1.54) is 6.08 Å². The predicted octanol–water partition coefficient (Wildman–Crippen LogP) is 2.42. The van der Waals surface area contributed by atoms with Crippen LogP contribution >= 0.6 is 7.60 Å². The number of hydrogen-bond donors (Lipinski definition) is 2. The molecule has 0 unspecified atom stereocenters. The molecular formula is C13H21O6PSi. The highest BCUT2D eigenvalue weighted by Crippen LogP contribution is 2.36. The molecule has 1 aromatic rings. The average molecular weight is 332 g/mol. The maximum absolute atomic E-state index is 10.4. The van der Waals surface area contributed by atoms with Gasteiger partial charge in [-0.2, -0.15) is 0 Å². The third kappa shape index (κ3) is 8.74. The van der Waals surface area contributed by atoms with Gasteiger partial charge in [0.2, 0.25) is 0 Å². The van der Waals surface area contributed by atoms with Gasteiger partial charge in [0.05, 0.1) is 0 Å². The van der Waals surface area contributed by atoms with Crippen LogP contribution in [0.15, 0.2) is 48.4 Å². The average Bonchev–Trinajstić information content (AvgIpc) is 2.49. The van der Waals surface area contributed by atoms with E-state index in [-0.39, 0.29) is 0 Å². The van der Waals surface area contributed by atoms with Crippen LogP contribution in [0.3, 0.4) is 0 Å². The molecule has 0 atom stereocenters. The quantitative estimate of drug-likeness (QED) is 0.615. The molecule has 0 aromatic heterocycles. The maximum Gasteiger partial charge on any atom is 0.528 e. The molecule has 0 spiro atoms. The van der Waals surface area contributed by atoms with E-state index in [1.54, 1.807) is 51.3 Å². The Balaban J connectivity index is 0.000000400. The summed E-state index contributed by atoms with van der Waals surface area (Å²) in [6.45, 7) is 3.53. The zero-order valence-corrected chi connectivity index (χ0v) is 14.2. The first-order valence-corrected chi connectivity index (χ1v) is 9.39. The topological polar surface area (TPSA) is 85.2 Å². The van der Waals surface area contributed by atoms with Crippen molar-refractivity contribution in [2.45, 2.75) is 0 Å². The van der Waals surface area contributed by atoms with Gasteiger partial charge in [0.25, 0.3) is 0 Å². The van der Waals surface area contributed by atoms with Gasteiger partial charge in [-0.3, -0.25) is 4.57 Å². The molecule has 21 heavy (non-hydrogen) atoms. The highest BCUT2D eigenvalue weighted by atomic mass is 31.2. The van der Waals surface area contributed by atoms with E-state index >= 15 is 0 Å². The van der Waals surface area contributed by atoms with Crippen molar-refractivity contribution in [2.24, 2.45) is 0 Å². The highest BCUT2D eigenvalue weighted by molar-refractivity contribution is 7.55. The smallest absolute Gasteiger partial charge is 0.374 e. The summed E-state index contributed by atoms with van der Waals surface area (Å²) in [6, 6.07) is 8.99. The minimum Gasteiger partial charge on any atom is -0.374 e. The van der Waals surface area contributed by atoms with Crippen molar-refractivity contribution in [3.05, 3.63) is 54.0 Å². The normalized spacial score (nSPS) is 11.9. The Morgan fingerprint density at radius 1 is 1.10 bits per heavy atom. The van der Waals surface area contributed by atoms with Gasteiger partial charge < -0.3 is 23.1 Å². The lowest BCUT2D eigenvalue weighted by molar-refractivity contribution is 0.138. The molecule has 2 N–H and O–H groups in total. The SMILES string of the molecule is C=C[Si](OC)(OC)OC.O=P(O)(O)C=Cc1ccccc1. The summed E-state index contributed by atoms with van der Waals surface area (Å²) in [5.41, 5.74) is 2.35. The van der Waals surface area contributed by atoms with Gasteiger partial charge in [-0.15, -0.1) is 0 Å². The van der Waals surface area contributed by atoms with E-state index < -0.39 is 16.4 Å². The van der Waals surface area contributed by atoms with Crippen LogP contribution in [0.5, 0.6) is 0 Å². The Morgan fingerprint density at radius 3 is 1.86 bits per heavy atom. The number of hydrogen-bond acceptors (Lipinski definition) is 4. The second-order valence-corrected chi connectivity index (χ2v) is 8.05. The van der Waals surface area contributed by atoms with Crippen LogP contribution in [0.25, 0.3) is 6.08 Å². The summed E-state index contributed by atoms with van der Waals surface area (Å²) in [6.07, 6.45) is 1.40. The third-order valence-electron chi connectivity index (χ3n) is 2.36. The molecule has 0 saturated heterocycles. The number of rotatable bonds is 6. The van der Waals surface area contributed by atoms with Crippen molar-refractivity contribution in [1.29, 1.82) is 0 Å². The van der Waals surface area contributed by atoms with Crippen LogP contribution in [0.2, 0.25) is 0 Å². The van der Waals surface area contributed by atoms with E-state index in [9.17, 15) is 4.57 Å². The summed E-state index contributed by atoms with van der Waals surface area (Å²) < 4.78 is 25.3. The van der Waals surface area contributed by atoms with Gasteiger partial charge in [-0.1, -0.05) is 36.9 Å². The fourth-order valence-electron chi connectivity index (χ4n) is 1.25. The van der Waals surface area contributed by atoms with Crippen molar-refractivity contribution in [3.8, 4) is 0 Å². The van der Waals surface area contributed by atoms with Crippen LogP contribution in [0.1, 0.15) is 5.56 Å². The second-order valence-electron chi connectivity index (χ2n) is 3.74. The molecule has 118 valence electrons. The van der Waals surface area contributed by atoms with Crippen molar-refractivity contribution in [1.82, 2.24) is 0 Å². The van der Waals surface area contributed by atoms with Crippen LogP contribution in [-0.2, 0) is 17.8 Å². The fourth-order valence-corrected chi connectivity index (χ4v) is 2.61. The summed E-state index contributed by atoms with van der Waals surface area (Å²) in [4.78, 5) is 17.0. The van der Waals surface area contributed by atoms with Crippen molar-refractivity contribution < 1.29 is 27.6 Å². The van der Waals surface area contributed by atoms with Gasteiger partial charge in [0.1, 0.15) is 0 Å². The van der Waals surface area contributed by atoms with E-state index in [1.807, 2.05) is 6.07 Å². The first-order chi connectivity index (χ1) is 9.82. The lowest BCUT2D eigenvalue weighted by Gasteiger charge is -2.19. The largest absolute Gasteiger partial charge is 0.528 e. The molecule has 0 aliphatic rings. The highest BCUT2D eigenvalue weighted by Gasteiger charge is 2.33. The molecule has 6 nitrogen and oxygen atoms in total.